The van der Waals surface area contributed by atoms with Gasteiger partial charge in [0.1, 0.15) is 5.75 Å². The van der Waals surface area contributed by atoms with Crippen LogP contribution in [0.3, 0.4) is 0 Å². The first-order valence-electron chi connectivity index (χ1n) is 4.78. The van der Waals surface area contributed by atoms with Crippen molar-refractivity contribution in [3.63, 3.8) is 0 Å². The largest absolute Gasteiger partial charge is 0.550 e. The van der Waals surface area contributed by atoms with Crippen LogP contribution in [0.15, 0.2) is 29.8 Å². The third kappa shape index (κ3) is 3.98. The highest BCUT2D eigenvalue weighted by molar-refractivity contribution is 5.95. The van der Waals surface area contributed by atoms with Crippen LogP contribution in [-0.2, 0) is 9.59 Å². The van der Waals surface area contributed by atoms with Crippen molar-refractivity contribution >= 4 is 18.0 Å². The zero-order valence-electron chi connectivity index (χ0n) is 9.14. The van der Waals surface area contributed by atoms with Crippen LogP contribution in [0.2, 0.25) is 0 Å². The van der Waals surface area contributed by atoms with Gasteiger partial charge >= 0.3 is 0 Å². The van der Waals surface area contributed by atoms with Crippen LogP contribution in [-0.4, -0.2) is 19.0 Å². The van der Waals surface area contributed by atoms with Gasteiger partial charge in [-0.2, -0.15) is 0 Å². The molecule has 5 nitrogen and oxygen atoms in total. The average Bonchev–Trinajstić information content (AvgIpc) is 2.27. The quantitative estimate of drug-likeness (QED) is 0.607. The van der Waals surface area contributed by atoms with Gasteiger partial charge in [-0.1, -0.05) is 12.1 Å². The van der Waals surface area contributed by atoms with Crippen molar-refractivity contribution in [2.45, 2.75) is 6.42 Å². The van der Waals surface area contributed by atoms with E-state index in [0.717, 1.165) is 0 Å². The fourth-order valence-corrected chi connectivity index (χ4v) is 1.27. The number of rotatable bonds is 5. The molecule has 0 saturated carbocycles. The number of ether oxygens (including phenoxy) is 1. The highest BCUT2D eigenvalue weighted by Gasteiger charge is 2.01. The fraction of sp³-hybridized carbons (Fsp3) is 0.167. The second-order valence-corrected chi connectivity index (χ2v) is 3.28. The Balaban J connectivity index is 3.03. The molecule has 0 heterocycles. The maximum absolute atomic E-state index is 10.7. The number of hydrogen-bond donors (Lipinski definition) is 0. The van der Waals surface area contributed by atoms with E-state index in [4.69, 9.17) is 4.74 Å². The molecule has 0 amide bonds. The van der Waals surface area contributed by atoms with Crippen molar-refractivity contribution in [3.8, 4) is 5.75 Å². The highest BCUT2D eigenvalue weighted by atomic mass is 16.5. The summed E-state index contributed by atoms with van der Waals surface area (Å²) in [5, 5.41) is 21.1. The van der Waals surface area contributed by atoms with Gasteiger partial charge in [-0.15, -0.1) is 0 Å². The molecule has 0 aliphatic rings. The van der Waals surface area contributed by atoms with Gasteiger partial charge < -0.3 is 24.5 Å². The standard InChI is InChI=1S/C12H12O5/c1-17-10-4-2-3-8(6-10)5-9(12(15)16)7-11(13)14/h2-6H,7H2,1H3,(H,13,14)(H,15,16)/p-2/b9-5+. The lowest BCUT2D eigenvalue weighted by atomic mass is 10.1. The third-order valence-corrected chi connectivity index (χ3v) is 2.03. The van der Waals surface area contributed by atoms with E-state index in [1.165, 1.54) is 13.2 Å². The van der Waals surface area contributed by atoms with E-state index in [1.54, 1.807) is 24.3 Å². The summed E-state index contributed by atoms with van der Waals surface area (Å²) >= 11 is 0. The zero-order valence-corrected chi connectivity index (χ0v) is 9.14. The monoisotopic (exact) mass is 234 g/mol. The minimum Gasteiger partial charge on any atom is -0.550 e. The Labute approximate surface area is 98.0 Å². The molecule has 0 N–H and O–H groups in total. The maximum Gasteiger partial charge on any atom is 0.119 e. The van der Waals surface area contributed by atoms with Crippen LogP contribution in [0.4, 0.5) is 0 Å². The Morgan fingerprint density at radius 3 is 2.59 bits per heavy atom. The maximum atomic E-state index is 10.7. The molecule has 5 heteroatoms. The Hall–Kier alpha value is -2.30. The van der Waals surface area contributed by atoms with Crippen molar-refractivity contribution < 1.29 is 24.5 Å². The lowest BCUT2D eigenvalue weighted by Crippen LogP contribution is -2.30. The molecule has 0 bridgehead atoms. The number of carboxylic acids is 2. The highest BCUT2D eigenvalue weighted by Crippen LogP contribution is 2.16. The number of carbonyl (C=O) groups is 2. The molecule has 0 radical (unpaired) electrons. The lowest BCUT2D eigenvalue weighted by Gasteiger charge is -2.09. The Kier molecular flexibility index (Phi) is 4.28. The molecule has 0 aliphatic carbocycles. The fourth-order valence-electron chi connectivity index (χ4n) is 1.27. The van der Waals surface area contributed by atoms with Crippen LogP contribution in [0, 0.1) is 0 Å². The Morgan fingerprint density at radius 1 is 1.35 bits per heavy atom. The van der Waals surface area contributed by atoms with Crippen LogP contribution in [0.1, 0.15) is 12.0 Å². The summed E-state index contributed by atoms with van der Waals surface area (Å²) in [7, 11) is 1.48. The molecule has 1 aromatic rings. The minimum atomic E-state index is -1.53. The van der Waals surface area contributed by atoms with Crippen molar-refractivity contribution in [2.24, 2.45) is 0 Å². The number of hydrogen-bond acceptors (Lipinski definition) is 5. The summed E-state index contributed by atoms with van der Waals surface area (Å²) < 4.78 is 4.96. The summed E-state index contributed by atoms with van der Waals surface area (Å²) in [6.45, 7) is 0. The van der Waals surface area contributed by atoms with Crippen LogP contribution >= 0.6 is 0 Å². The van der Waals surface area contributed by atoms with Gasteiger partial charge in [-0.3, -0.25) is 0 Å². The van der Waals surface area contributed by atoms with Crippen molar-refractivity contribution in [1.29, 1.82) is 0 Å². The van der Waals surface area contributed by atoms with Crippen LogP contribution in [0.25, 0.3) is 6.08 Å². The molecule has 1 rings (SSSR count). The second kappa shape index (κ2) is 5.69. The first-order valence-corrected chi connectivity index (χ1v) is 4.78. The van der Waals surface area contributed by atoms with Crippen LogP contribution < -0.4 is 14.9 Å². The molecule has 0 unspecified atom stereocenters. The molecule has 0 fully saturated rings. The van der Waals surface area contributed by atoms with E-state index in [1.807, 2.05) is 0 Å². The smallest absolute Gasteiger partial charge is 0.119 e. The van der Waals surface area contributed by atoms with Gasteiger partial charge in [-0.25, -0.2) is 0 Å². The normalized spacial score (nSPS) is 11.0. The lowest BCUT2D eigenvalue weighted by molar-refractivity contribution is -0.309. The molecule has 0 atom stereocenters. The SMILES string of the molecule is COc1cccc(/C=C(\CC(=O)[O-])C(=O)[O-])c1. The molecule has 0 aliphatic heterocycles. The van der Waals surface area contributed by atoms with Gasteiger partial charge in [0, 0.05) is 12.4 Å². The number of carbonyl (C=O) groups excluding carboxylic acids is 2. The summed E-state index contributed by atoms with van der Waals surface area (Å²) in [5.74, 6) is -2.45. The first-order chi connectivity index (χ1) is 8.02. The molecular weight excluding hydrogens is 224 g/mol. The molecule has 90 valence electrons. The first kappa shape index (κ1) is 12.8. The van der Waals surface area contributed by atoms with E-state index in [9.17, 15) is 19.8 Å². The van der Waals surface area contributed by atoms with E-state index in [2.05, 4.69) is 0 Å². The van der Waals surface area contributed by atoms with E-state index < -0.39 is 18.4 Å². The second-order valence-electron chi connectivity index (χ2n) is 3.28. The number of aliphatic carboxylic acids is 2. The third-order valence-electron chi connectivity index (χ3n) is 2.03. The average molecular weight is 234 g/mol. The molecule has 0 spiro atoms. The minimum absolute atomic E-state index is 0.349. The predicted octanol–water partition coefficient (Wildman–Crippen LogP) is -1.03. The predicted molar refractivity (Wildman–Crippen MR) is 55.6 cm³/mol. The molecule has 17 heavy (non-hydrogen) atoms. The number of methoxy groups -OCH3 is 1. The van der Waals surface area contributed by atoms with Gasteiger partial charge in [-0.05, 0) is 29.3 Å². The zero-order chi connectivity index (χ0) is 12.8. The summed E-state index contributed by atoms with van der Waals surface area (Å²) in [6.07, 6.45) is 0.521. The van der Waals surface area contributed by atoms with Crippen LogP contribution in [0.5, 0.6) is 5.75 Å². The number of benzene rings is 1. The van der Waals surface area contributed by atoms with Gasteiger partial charge in [0.15, 0.2) is 0 Å². The Bertz CT molecular complexity index is 462. The summed E-state index contributed by atoms with van der Waals surface area (Å²) in [6, 6.07) is 6.56. The van der Waals surface area contributed by atoms with Crippen molar-refractivity contribution in [2.75, 3.05) is 7.11 Å². The van der Waals surface area contributed by atoms with Gasteiger partial charge in [0.2, 0.25) is 0 Å². The molecule has 0 aromatic heterocycles. The summed E-state index contributed by atoms with van der Waals surface area (Å²) in [5.41, 5.74) is 0.169. The summed E-state index contributed by atoms with van der Waals surface area (Å²) in [4.78, 5) is 21.1. The van der Waals surface area contributed by atoms with E-state index in [0.29, 0.717) is 11.3 Å². The van der Waals surface area contributed by atoms with Crippen molar-refractivity contribution in [3.05, 3.63) is 35.4 Å². The Morgan fingerprint density at radius 2 is 2.06 bits per heavy atom. The van der Waals surface area contributed by atoms with E-state index in [-0.39, 0.29) is 5.57 Å². The molecule has 1 aromatic carbocycles. The topological polar surface area (TPSA) is 89.5 Å². The van der Waals surface area contributed by atoms with Crippen molar-refractivity contribution in [1.82, 2.24) is 0 Å². The van der Waals surface area contributed by atoms with Gasteiger partial charge in [0.05, 0.1) is 13.1 Å². The van der Waals surface area contributed by atoms with Gasteiger partial charge in [0.25, 0.3) is 0 Å². The molecular formula is C12H10O5-2. The number of carboxylic acid groups (broad SMARTS) is 2. The molecule has 0 saturated heterocycles. The van der Waals surface area contributed by atoms with E-state index >= 15 is 0 Å².